The number of aliphatic hydroxyl groups is 1. The summed E-state index contributed by atoms with van der Waals surface area (Å²) >= 11 is 0. The number of benzene rings is 2. The minimum Gasteiger partial charge on any atom is -0.392 e. The van der Waals surface area contributed by atoms with Gasteiger partial charge in [0.25, 0.3) is 5.91 Å². The fourth-order valence-corrected chi connectivity index (χ4v) is 2.40. The fourth-order valence-electron chi connectivity index (χ4n) is 2.40. The molecule has 0 atom stereocenters. The van der Waals surface area contributed by atoms with Crippen molar-refractivity contribution in [3.8, 4) is 0 Å². The van der Waals surface area contributed by atoms with Gasteiger partial charge in [0.05, 0.1) is 6.61 Å². The quantitative estimate of drug-likeness (QED) is 0.801. The second-order valence-electron chi connectivity index (χ2n) is 4.86. The average molecular weight is 268 g/mol. The molecule has 4 nitrogen and oxygen atoms in total. The molecule has 20 heavy (non-hydrogen) atoms. The van der Waals surface area contributed by atoms with Crippen molar-refractivity contribution in [1.82, 2.24) is 0 Å². The summed E-state index contributed by atoms with van der Waals surface area (Å²) in [5.41, 5.74) is 4.42. The third kappa shape index (κ3) is 2.51. The van der Waals surface area contributed by atoms with Crippen LogP contribution in [0.2, 0.25) is 0 Å². The Hall–Kier alpha value is -2.33. The van der Waals surface area contributed by atoms with Crippen LogP contribution in [0.5, 0.6) is 0 Å². The average Bonchev–Trinajstić information content (AvgIpc) is 2.94. The molecule has 2 aromatic rings. The first-order valence-electron chi connectivity index (χ1n) is 6.64. The van der Waals surface area contributed by atoms with E-state index in [0.717, 1.165) is 24.2 Å². The predicted octanol–water partition coefficient (Wildman–Crippen LogP) is 2.40. The maximum atomic E-state index is 12.2. The molecule has 0 spiro atoms. The molecule has 0 fully saturated rings. The summed E-state index contributed by atoms with van der Waals surface area (Å²) in [6.07, 6.45) is 0.955. The highest BCUT2D eigenvalue weighted by Gasteiger charge is 2.13. The predicted molar refractivity (Wildman–Crippen MR) is 79.0 cm³/mol. The number of rotatable bonds is 3. The molecule has 2 aromatic carbocycles. The van der Waals surface area contributed by atoms with Crippen LogP contribution in [-0.4, -0.2) is 17.6 Å². The van der Waals surface area contributed by atoms with Gasteiger partial charge >= 0.3 is 0 Å². The highest BCUT2D eigenvalue weighted by molar-refractivity contribution is 6.04. The van der Waals surface area contributed by atoms with Crippen molar-refractivity contribution in [3.63, 3.8) is 0 Å². The van der Waals surface area contributed by atoms with Crippen LogP contribution in [-0.2, 0) is 13.0 Å². The van der Waals surface area contributed by atoms with E-state index in [1.807, 2.05) is 36.4 Å². The number of carbonyl (C=O) groups is 1. The molecule has 0 saturated heterocycles. The van der Waals surface area contributed by atoms with Crippen LogP contribution in [0.15, 0.2) is 42.5 Å². The molecule has 3 rings (SSSR count). The lowest BCUT2D eigenvalue weighted by molar-refractivity contribution is 0.102. The number of amides is 1. The normalized spacial score (nSPS) is 12.7. The first kappa shape index (κ1) is 12.7. The minimum absolute atomic E-state index is 0.0335. The van der Waals surface area contributed by atoms with E-state index >= 15 is 0 Å². The summed E-state index contributed by atoms with van der Waals surface area (Å²) < 4.78 is 0. The van der Waals surface area contributed by atoms with Gasteiger partial charge in [0.1, 0.15) is 0 Å². The number of carbonyl (C=O) groups excluding carboxylic acids is 1. The van der Waals surface area contributed by atoms with Crippen LogP contribution in [0.1, 0.15) is 21.5 Å². The van der Waals surface area contributed by atoms with Crippen molar-refractivity contribution in [2.45, 2.75) is 13.0 Å². The van der Waals surface area contributed by atoms with Gasteiger partial charge in [-0.25, -0.2) is 0 Å². The van der Waals surface area contributed by atoms with Gasteiger partial charge in [-0.05, 0) is 47.9 Å². The molecule has 0 aromatic heterocycles. The Morgan fingerprint density at radius 2 is 2.15 bits per heavy atom. The monoisotopic (exact) mass is 268 g/mol. The van der Waals surface area contributed by atoms with E-state index in [9.17, 15) is 4.79 Å². The van der Waals surface area contributed by atoms with Crippen molar-refractivity contribution in [1.29, 1.82) is 0 Å². The molecular weight excluding hydrogens is 252 g/mol. The molecule has 4 heteroatoms. The zero-order valence-electron chi connectivity index (χ0n) is 11.0. The summed E-state index contributed by atoms with van der Waals surface area (Å²) in [5.74, 6) is -0.130. The van der Waals surface area contributed by atoms with Gasteiger partial charge in [0.15, 0.2) is 0 Å². The van der Waals surface area contributed by atoms with E-state index in [4.69, 9.17) is 5.11 Å². The molecule has 3 N–H and O–H groups in total. The third-order valence-corrected chi connectivity index (χ3v) is 3.44. The van der Waals surface area contributed by atoms with Crippen molar-refractivity contribution in [3.05, 3.63) is 59.2 Å². The molecular formula is C16H16N2O2. The smallest absolute Gasteiger partial charge is 0.255 e. The molecule has 102 valence electrons. The molecule has 0 radical (unpaired) electrons. The van der Waals surface area contributed by atoms with Crippen molar-refractivity contribution in [2.24, 2.45) is 0 Å². The Labute approximate surface area is 117 Å². The van der Waals surface area contributed by atoms with E-state index in [2.05, 4.69) is 10.6 Å². The lowest BCUT2D eigenvalue weighted by atomic mass is 10.1. The maximum Gasteiger partial charge on any atom is 0.255 e. The number of aliphatic hydroxyl groups excluding tert-OH is 1. The zero-order chi connectivity index (χ0) is 13.9. The fraction of sp³-hybridized carbons (Fsp3) is 0.188. The van der Waals surface area contributed by atoms with Crippen LogP contribution in [0.3, 0.4) is 0 Å². The molecule has 1 aliphatic heterocycles. The SMILES string of the molecule is O=C(Nc1cccc(CO)c1)c1ccc2c(c1)CCN2. The van der Waals surface area contributed by atoms with Crippen LogP contribution in [0.4, 0.5) is 11.4 Å². The maximum absolute atomic E-state index is 12.2. The highest BCUT2D eigenvalue weighted by atomic mass is 16.3. The Balaban J connectivity index is 1.79. The third-order valence-electron chi connectivity index (χ3n) is 3.44. The number of hydrogen-bond donors (Lipinski definition) is 3. The summed E-state index contributed by atoms with van der Waals surface area (Å²) in [6, 6.07) is 12.9. The standard InChI is InChI=1S/C16H16N2O2/c19-10-11-2-1-3-14(8-11)18-16(20)13-4-5-15-12(9-13)6-7-17-15/h1-5,8-9,17,19H,6-7,10H2,(H,18,20). The zero-order valence-corrected chi connectivity index (χ0v) is 11.0. The first-order valence-corrected chi connectivity index (χ1v) is 6.64. The summed E-state index contributed by atoms with van der Waals surface area (Å²) in [7, 11) is 0. The van der Waals surface area contributed by atoms with Gasteiger partial charge < -0.3 is 15.7 Å². The van der Waals surface area contributed by atoms with Gasteiger partial charge in [-0.15, -0.1) is 0 Å². The van der Waals surface area contributed by atoms with Crippen LogP contribution >= 0.6 is 0 Å². The molecule has 0 unspecified atom stereocenters. The first-order chi connectivity index (χ1) is 9.76. The van der Waals surface area contributed by atoms with Gasteiger partial charge in [-0.1, -0.05) is 12.1 Å². The Bertz CT molecular complexity index is 653. The van der Waals surface area contributed by atoms with E-state index in [1.165, 1.54) is 5.56 Å². The topological polar surface area (TPSA) is 61.4 Å². The molecule has 0 saturated carbocycles. The molecule has 0 aliphatic carbocycles. The van der Waals surface area contributed by atoms with E-state index in [0.29, 0.717) is 11.3 Å². The molecule has 1 aliphatic rings. The van der Waals surface area contributed by atoms with Crippen LogP contribution in [0, 0.1) is 0 Å². The summed E-state index contributed by atoms with van der Waals surface area (Å²) in [6.45, 7) is 0.896. The second kappa shape index (κ2) is 5.35. The number of fused-ring (bicyclic) bond motifs is 1. The van der Waals surface area contributed by atoms with Crippen molar-refractivity contribution in [2.75, 3.05) is 17.2 Å². The van der Waals surface area contributed by atoms with Crippen molar-refractivity contribution >= 4 is 17.3 Å². The summed E-state index contributed by atoms with van der Waals surface area (Å²) in [4.78, 5) is 12.2. The number of anilines is 2. The lowest BCUT2D eigenvalue weighted by Crippen LogP contribution is -2.12. The lowest BCUT2D eigenvalue weighted by Gasteiger charge is -2.08. The van der Waals surface area contributed by atoms with Crippen molar-refractivity contribution < 1.29 is 9.90 Å². The largest absolute Gasteiger partial charge is 0.392 e. The molecule has 0 bridgehead atoms. The van der Waals surface area contributed by atoms with Gasteiger partial charge in [0, 0.05) is 23.5 Å². The Kier molecular flexibility index (Phi) is 3.39. The van der Waals surface area contributed by atoms with E-state index < -0.39 is 0 Å². The molecule has 1 heterocycles. The summed E-state index contributed by atoms with van der Waals surface area (Å²) in [5, 5.41) is 15.2. The van der Waals surface area contributed by atoms with Gasteiger partial charge in [-0.3, -0.25) is 4.79 Å². The van der Waals surface area contributed by atoms with Crippen LogP contribution in [0.25, 0.3) is 0 Å². The van der Waals surface area contributed by atoms with Gasteiger partial charge in [0.2, 0.25) is 0 Å². The van der Waals surface area contributed by atoms with Crippen LogP contribution < -0.4 is 10.6 Å². The number of hydrogen-bond acceptors (Lipinski definition) is 3. The Morgan fingerprint density at radius 1 is 1.25 bits per heavy atom. The second-order valence-corrected chi connectivity index (χ2v) is 4.86. The van der Waals surface area contributed by atoms with Gasteiger partial charge in [-0.2, -0.15) is 0 Å². The Morgan fingerprint density at radius 3 is 3.00 bits per heavy atom. The highest BCUT2D eigenvalue weighted by Crippen LogP contribution is 2.23. The minimum atomic E-state index is -0.130. The van der Waals surface area contributed by atoms with E-state index in [-0.39, 0.29) is 12.5 Å². The van der Waals surface area contributed by atoms with E-state index in [1.54, 1.807) is 6.07 Å². The number of nitrogens with one attached hydrogen (secondary N) is 2. The molecule has 1 amide bonds.